The van der Waals surface area contributed by atoms with Gasteiger partial charge in [-0.1, -0.05) is 30.0 Å². The number of carbonyl (C=O) groups is 1. The van der Waals surface area contributed by atoms with Gasteiger partial charge in [-0.15, -0.1) is 10.2 Å². The lowest BCUT2D eigenvalue weighted by molar-refractivity contribution is -0.118. The van der Waals surface area contributed by atoms with E-state index in [1.165, 1.54) is 22.9 Å². The van der Waals surface area contributed by atoms with Gasteiger partial charge in [0.1, 0.15) is 12.1 Å². The van der Waals surface area contributed by atoms with Crippen LogP contribution in [-0.2, 0) is 11.3 Å². The first kappa shape index (κ1) is 20.9. The molecule has 1 N–H and O–H groups in total. The second kappa shape index (κ2) is 9.60. The van der Waals surface area contributed by atoms with Crippen molar-refractivity contribution >= 4 is 17.7 Å². The van der Waals surface area contributed by atoms with E-state index in [9.17, 15) is 4.79 Å². The average Bonchev–Trinajstić information content (AvgIpc) is 3.16. The first-order chi connectivity index (χ1) is 13.9. The Morgan fingerprint density at radius 2 is 1.90 bits per heavy atom. The van der Waals surface area contributed by atoms with Crippen LogP contribution >= 0.6 is 11.8 Å². The molecule has 29 heavy (non-hydrogen) atoms. The Labute approximate surface area is 175 Å². The highest BCUT2D eigenvalue weighted by Gasteiger charge is 2.11. The molecule has 0 aliphatic heterocycles. The standard InChI is InChI=1S/C22H26N4O2S/c1-15(2)28-20-9-6-18(7-10-20)12-23-21(27)13-29-22-25-24-14-26(22)19-8-5-16(3)17(4)11-19/h5-11,14-15H,12-13H2,1-4H3,(H,23,27). The minimum atomic E-state index is -0.0489. The molecule has 1 aromatic heterocycles. The number of aromatic nitrogens is 3. The third-order valence-corrected chi connectivity index (χ3v) is 5.35. The molecular weight excluding hydrogens is 384 g/mol. The van der Waals surface area contributed by atoms with Crippen molar-refractivity contribution in [1.82, 2.24) is 20.1 Å². The molecule has 6 nitrogen and oxygen atoms in total. The predicted molar refractivity (Wildman–Crippen MR) is 116 cm³/mol. The maximum atomic E-state index is 12.3. The Kier molecular flexibility index (Phi) is 6.93. The second-order valence-corrected chi connectivity index (χ2v) is 8.07. The third-order valence-electron chi connectivity index (χ3n) is 4.40. The lowest BCUT2D eigenvalue weighted by Crippen LogP contribution is -2.24. The molecule has 0 aliphatic carbocycles. The number of ether oxygens (including phenoxy) is 1. The summed E-state index contributed by atoms with van der Waals surface area (Å²) in [6.07, 6.45) is 1.81. The SMILES string of the molecule is Cc1ccc(-n2cnnc2SCC(=O)NCc2ccc(OC(C)C)cc2)cc1C. The van der Waals surface area contributed by atoms with Crippen LogP contribution < -0.4 is 10.1 Å². The number of hydrogen-bond acceptors (Lipinski definition) is 5. The highest BCUT2D eigenvalue weighted by Crippen LogP contribution is 2.21. The summed E-state index contributed by atoms with van der Waals surface area (Å²) >= 11 is 1.37. The second-order valence-electron chi connectivity index (χ2n) is 7.13. The molecule has 0 fully saturated rings. The van der Waals surface area contributed by atoms with Crippen LogP contribution in [0.2, 0.25) is 0 Å². The summed E-state index contributed by atoms with van der Waals surface area (Å²) in [4.78, 5) is 12.3. The molecule has 152 valence electrons. The number of amides is 1. The van der Waals surface area contributed by atoms with Crippen LogP contribution in [0.15, 0.2) is 53.9 Å². The summed E-state index contributed by atoms with van der Waals surface area (Å²) in [6, 6.07) is 14.0. The molecule has 0 atom stereocenters. The van der Waals surface area contributed by atoms with E-state index in [2.05, 4.69) is 41.5 Å². The monoisotopic (exact) mass is 410 g/mol. The van der Waals surface area contributed by atoms with Crippen molar-refractivity contribution in [2.24, 2.45) is 0 Å². The molecule has 0 aliphatic rings. The van der Waals surface area contributed by atoms with Crippen LogP contribution in [0.5, 0.6) is 5.75 Å². The van der Waals surface area contributed by atoms with Crippen LogP contribution in [0, 0.1) is 13.8 Å². The summed E-state index contributed by atoms with van der Waals surface area (Å²) in [5.74, 6) is 1.06. The van der Waals surface area contributed by atoms with Gasteiger partial charge in [-0.25, -0.2) is 0 Å². The molecule has 0 unspecified atom stereocenters. The molecule has 1 amide bonds. The number of hydrogen-bond donors (Lipinski definition) is 1. The molecule has 0 saturated heterocycles. The van der Waals surface area contributed by atoms with Crippen LogP contribution in [0.3, 0.4) is 0 Å². The van der Waals surface area contributed by atoms with E-state index in [-0.39, 0.29) is 17.8 Å². The van der Waals surface area contributed by atoms with Gasteiger partial charge < -0.3 is 10.1 Å². The molecule has 0 radical (unpaired) electrons. The highest BCUT2D eigenvalue weighted by atomic mass is 32.2. The van der Waals surface area contributed by atoms with Crippen molar-refractivity contribution in [3.05, 3.63) is 65.5 Å². The largest absolute Gasteiger partial charge is 0.491 e. The maximum Gasteiger partial charge on any atom is 0.230 e. The fourth-order valence-corrected chi connectivity index (χ4v) is 3.47. The topological polar surface area (TPSA) is 69.0 Å². The zero-order valence-electron chi connectivity index (χ0n) is 17.2. The van der Waals surface area contributed by atoms with Crippen molar-refractivity contribution in [2.75, 3.05) is 5.75 Å². The number of benzene rings is 2. The minimum absolute atomic E-state index is 0.0489. The summed E-state index contributed by atoms with van der Waals surface area (Å²) in [6.45, 7) is 8.62. The van der Waals surface area contributed by atoms with E-state index in [1.807, 2.05) is 48.7 Å². The van der Waals surface area contributed by atoms with Crippen molar-refractivity contribution < 1.29 is 9.53 Å². The van der Waals surface area contributed by atoms with Crippen LogP contribution in [0.1, 0.15) is 30.5 Å². The van der Waals surface area contributed by atoms with Crippen LogP contribution in [0.25, 0.3) is 5.69 Å². The maximum absolute atomic E-state index is 12.3. The Morgan fingerprint density at radius 1 is 1.14 bits per heavy atom. The molecule has 0 bridgehead atoms. The lowest BCUT2D eigenvalue weighted by Gasteiger charge is -2.11. The van der Waals surface area contributed by atoms with E-state index in [0.717, 1.165) is 17.0 Å². The number of nitrogens with one attached hydrogen (secondary N) is 1. The zero-order chi connectivity index (χ0) is 20.8. The van der Waals surface area contributed by atoms with E-state index >= 15 is 0 Å². The molecule has 3 rings (SSSR count). The van der Waals surface area contributed by atoms with E-state index < -0.39 is 0 Å². The lowest BCUT2D eigenvalue weighted by atomic mass is 10.1. The molecule has 2 aromatic carbocycles. The van der Waals surface area contributed by atoms with E-state index in [4.69, 9.17) is 4.74 Å². The Bertz CT molecular complexity index is 967. The highest BCUT2D eigenvalue weighted by molar-refractivity contribution is 7.99. The van der Waals surface area contributed by atoms with Gasteiger partial charge in [-0.2, -0.15) is 0 Å². The van der Waals surface area contributed by atoms with Gasteiger partial charge in [-0.05, 0) is 68.7 Å². The molecule has 3 aromatic rings. The van der Waals surface area contributed by atoms with Gasteiger partial charge in [0, 0.05) is 12.2 Å². The van der Waals surface area contributed by atoms with Gasteiger partial charge in [0.2, 0.25) is 5.91 Å². The van der Waals surface area contributed by atoms with Gasteiger partial charge in [-0.3, -0.25) is 9.36 Å². The smallest absolute Gasteiger partial charge is 0.230 e. The number of nitrogens with zero attached hydrogens (tertiary/aromatic N) is 3. The van der Waals surface area contributed by atoms with Crippen molar-refractivity contribution in [1.29, 1.82) is 0 Å². The molecule has 7 heteroatoms. The van der Waals surface area contributed by atoms with Gasteiger partial charge in [0.25, 0.3) is 0 Å². The minimum Gasteiger partial charge on any atom is -0.491 e. The van der Waals surface area contributed by atoms with E-state index in [1.54, 1.807) is 6.33 Å². The Balaban J connectivity index is 1.52. The molecule has 0 spiro atoms. The first-order valence-corrected chi connectivity index (χ1v) is 10.5. The fourth-order valence-electron chi connectivity index (χ4n) is 2.72. The zero-order valence-corrected chi connectivity index (χ0v) is 18.0. The van der Waals surface area contributed by atoms with Gasteiger partial charge in [0.15, 0.2) is 5.16 Å². The van der Waals surface area contributed by atoms with Crippen LogP contribution in [-0.4, -0.2) is 32.5 Å². The molecular formula is C22H26N4O2S. The van der Waals surface area contributed by atoms with Crippen molar-refractivity contribution in [3.8, 4) is 11.4 Å². The summed E-state index contributed by atoms with van der Waals surface area (Å²) in [5.41, 5.74) is 4.45. The number of thioether (sulfide) groups is 1. The first-order valence-electron chi connectivity index (χ1n) is 9.55. The van der Waals surface area contributed by atoms with E-state index in [0.29, 0.717) is 11.7 Å². The third kappa shape index (κ3) is 5.84. The number of rotatable bonds is 8. The number of aryl methyl sites for hydroxylation is 2. The quantitative estimate of drug-likeness (QED) is 0.567. The molecule has 0 saturated carbocycles. The Hall–Kier alpha value is -2.80. The average molecular weight is 411 g/mol. The summed E-state index contributed by atoms with van der Waals surface area (Å²) in [5, 5.41) is 11.8. The van der Waals surface area contributed by atoms with Gasteiger partial charge in [0.05, 0.1) is 11.9 Å². The van der Waals surface area contributed by atoms with Gasteiger partial charge >= 0.3 is 0 Å². The predicted octanol–water partition coefficient (Wildman–Crippen LogP) is 4.08. The van der Waals surface area contributed by atoms with Crippen molar-refractivity contribution in [3.63, 3.8) is 0 Å². The summed E-state index contributed by atoms with van der Waals surface area (Å²) in [7, 11) is 0. The summed E-state index contributed by atoms with van der Waals surface area (Å²) < 4.78 is 7.53. The fraction of sp³-hybridized carbons (Fsp3) is 0.318. The normalized spacial score (nSPS) is 10.9. The molecule has 1 heterocycles. The van der Waals surface area contributed by atoms with Crippen molar-refractivity contribution in [2.45, 2.75) is 45.5 Å². The van der Waals surface area contributed by atoms with Crippen LogP contribution in [0.4, 0.5) is 0 Å². The Morgan fingerprint density at radius 3 is 2.59 bits per heavy atom. The number of carbonyl (C=O) groups excluding carboxylic acids is 1.